The topological polar surface area (TPSA) is 24.3 Å². The van der Waals surface area contributed by atoms with Crippen LogP contribution in [-0.4, -0.2) is 45.5 Å². The second kappa shape index (κ2) is 14.5. The normalized spacial score (nSPS) is 18.9. The Morgan fingerprint density at radius 3 is 2.42 bits per heavy atom. The number of imidazole rings is 1. The second-order valence-corrected chi connectivity index (χ2v) is 12.5. The fraction of sp³-hybridized carbons (Fsp3) is 0.486. The molecule has 4 nitrogen and oxygen atoms in total. The van der Waals surface area contributed by atoms with Crippen LogP contribution >= 0.6 is 0 Å². The van der Waals surface area contributed by atoms with Gasteiger partial charge in [0.15, 0.2) is 5.82 Å². The summed E-state index contributed by atoms with van der Waals surface area (Å²) >= 11 is 0. The molecule has 43 heavy (non-hydrogen) atoms. The van der Waals surface area contributed by atoms with E-state index in [1.54, 1.807) is 6.08 Å². The summed E-state index contributed by atoms with van der Waals surface area (Å²) in [6.07, 6.45) is 10.4. The number of allylic oxidation sites excluding steroid dienone is 4. The van der Waals surface area contributed by atoms with E-state index in [1.165, 1.54) is 47.7 Å². The summed E-state index contributed by atoms with van der Waals surface area (Å²) in [4.78, 5) is 9.10. The average molecular weight is 589 g/mol. The molecule has 0 N–H and O–H groups in total. The summed E-state index contributed by atoms with van der Waals surface area (Å²) in [5.41, 5.74) is 7.88. The van der Waals surface area contributed by atoms with Gasteiger partial charge in [-0.1, -0.05) is 69.0 Å². The maximum atomic E-state index is 15.2. The molecular formula is C37H50F2N4. The number of nitrogens with zero attached hydrogens (tertiary/aromatic N) is 4. The molecule has 3 aromatic rings. The van der Waals surface area contributed by atoms with Gasteiger partial charge in [-0.05, 0) is 93.5 Å². The standard InChI is InChI=1S/C32H38F2N4.C5H12/c1-20(2)25-16-28(34)31-29(17-25)37(6)30(35-31)19-38-14-13-24(18-38)32-27(33)12-11-26(36(32)5)10-9-23-8-7-21(3)15-22(23)4;1-3-5-4-2/h7-8,11-12,15-17,24,32H,1,9-10,13-14,18-19H2,2-6H3;3-5H2,1-2H3. The van der Waals surface area contributed by atoms with Gasteiger partial charge in [0, 0.05) is 26.3 Å². The van der Waals surface area contributed by atoms with E-state index in [0.29, 0.717) is 12.1 Å². The van der Waals surface area contributed by atoms with E-state index >= 15 is 4.39 Å². The lowest BCUT2D eigenvalue weighted by molar-refractivity contribution is 0.203. The van der Waals surface area contributed by atoms with Crippen LogP contribution in [0.3, 0.4) is 0 Å². The van der Waals surface area contributed by atoms with Crippen molar-refractivity contribution in [3.8, 4) is 0 Å². The smallest absolute Gasteiger partial charge is 0.151 e. The quantitative estimate of drug-likeness (QED) is 0.249. The van der Waals surface area contributed by atoms with E-state index in [9.17, 15) is 4.39 Å². The molecule has 0 saturated carbocycles. The van der Waals surface area contributed by atoms with Gasteiger partial charge in [0.25, 0.3) is 0 Å². The molecule has 2 aliphatic heterocycles. The molecule has 0 spiro atoms. The minimum absolute atomic E-state index is 0.0632. The number of rotatable bonds is 9. The average Bonchev–Trinajstić information content (AvgIpc) is 3.54. The highest BCUT2D eigenvalue weighted by Gasteiger charge is 2.37. The molecule has 0 radical (unpaired) electrons. The number of likely N-dealkylation sites (N-methyl/N-ethyl adjacent to an activating group) is 1. The van der Waals surface area contributed by atoms with Crippen molar-refractivity contribution < 1.29 is 8.78 Å². The zero-order valence-corrected chi connectivity index (χ0v) is 27.3. The third-order valence-electron chi connectivity index (χ3n) is 9.09. The van der Waals surface area contributed by atoms with Crippen LogP contribution in [0.5, 0.6) is 0 Å². The largest absolute Gasteiger partial charge is 0.368 e. The molecule has 1 fully saturated rings. The predicted molar refractivity (Wildman–Crippen MR) is 177 cm³/mol. The van der Waals surface area contributed by atoms with Crippen molar-refractivity contribution in [3.63, 3.8) is 0 Å². The Balaban J connectivity index is 0.000000782. The monoisotopic (exact) mass is 588 g/mol. The molecule has 2 aromatic carbocycles. The van der Waals surface area contributed by atoms with Crippen molar-refractivity contribution in [2.75, 3.05) is 20.1 Å². The van der Waals surface area contributed by atoms with Gasteiger partial charge in [0.2, 0.25) is 0 Å². The van der Waals surface area contributed by atoms with Crippen molar-refractivity contribution in [1.29, 1.82) is 0 Å². The molecular weight excluding hydrogens is 538 g/mol. The summed E-state index contributed by atoms with van der Waals surface area (Å²) in [5, 5.41) is 0. The Bertz CT molecular complexity index is 1500. The van der Waals surface area contributed by atoms with Crippen LogP contribution in [0.1, 0.15) is 81.0 Å². The molecule has 232 valence electrons. The summed E-state index contributed by atoms with van der Waals surface area (Å²) in [6.45, 7) is 16.8. The van der Waals surface area contributed by atoms with Crippen LogP contribution < -0.4 is 0 Å². The SMILES string of the molecule is C=C(C)c1cc(F)c2nc(CN3CCC(C4C(F)=CC=C(CCc5ccc(C)cc5C)N4C)C3)n(C)c2c1.CCCCC. The number of aryl methyl sites for hydroxylation is 4. The van der Waals surface area contributed by atoms with Crippen LogP contribution in [-0.2, 0) is 20.0 Å². The number of aromatic nitrogens is 2. The van der Waals surface area contributed by atoms with E-state index in [4.69, 9.17) is 0 Å². The van der Waals surface area contributed by atoms with Gasteiger partial charge in [-0.2, -0.15) is 0 Å². The van der Waals surface area contributed by atoms with E-state index in [0.717, 1.165) is 54.8 Å². The number of hydrogen-bond acceptors (Lipinski definition) is 3. The molecule has 0 aliphatic carbocycles. The molecule has 0 bridgehead atoms. The van der Waals surface area contributed by atoms with Crippen LogP contribution in [0, 0.1) is 25.6 Å². The van der Waals surface area contributed by atoms with Crippen molar-refractivity contribution in [2.24, 2.45) is 13.0 Å². The molecule has 6 heteroatoms. The zero-order valence-electron chi connectivity index (χ0n) is 27.3. The van der Waals surface area contributed by atoms with Crippen LogP contribution in [0.25, 0.3) is 16.6 Å². The van der Waals surface area contributed by atoms with Gasteiger partial charge in [-0.3, -0.25) is 4.90 Å². The van der Waals surface area contributed by atoms with Gasteiger partial charge in [0.1, 0.15) is 17.2 Å². The maximum Gasteiger partial charge on any atom is 0.151 e. The van der Waals surface area contributed by atoms with Crippen LogP contribution in [0.15, 0.2) is 60.6 Å². The third-order valence-corrected chi connectivity index (χ3v) is 9.09. The Morgan fingerprint density at radius 2 is 1.77 bits per heavy atom. The van der Waals surface area contributed by atoms with Crippen molar-refractivity contribution in [1.82, 2.24) is 19.4 Å². The Hall–Kier alpha value is -3.25. The molecule has 2 atom stereocenters. The highest BCUT2D eigenvalue weighted by molar-refractivity contribution is 5.81. The van der Waals surface area contributed by atoms with Crippen LogP contribution in [0.2, 0.25) is 0 Å². The zero-order chi connectivity index (χ0) is 31.3. The fourth-order valence-corrected chi connectivity index (χ4v) is 6.45. The summed E-state index contributed by atoms with van der Waals surface area (Å²) in [6, 6.07) is 9.80. The fourth-order valence-electron chi connectivity index (χ4n) is 6.45. The molecule has 0 amide bonds. The first kappa shape index (κ1) is 32.7. The van der Waals surface area contributed by atoms with Gasteiger partial charge < -0.3 is 9.47 Å². The predicted octanol–water partition coefficient (Wildman–Crippen LogP) is 9.06. The minimum atomic E-state index is -0.321. The molecule has 1 saturated heterocycles. The lowest BCUT2D eigenvalue weighted by Crippen LogP contribution is -2.41. The van der Waals surface area contributed by atoms with E-state index in [-0.39, 0.29) is 23.6 Å². The Labute approximate surface area is 257 Å². The van der Waals surface area contributed by atoms with Crippen molar-refractivity contribution >= 4 is 16.6 Å². The van der Waals surface area contributed by atoms with Gasteiger partial charge >= 0.3 is 0 Å². The summed E-state index contributed by atoms with van der Waals surface area (Å²) in [7, 11) is 3.96. The molecule has 3 heterocycles. The molecule has 2 unspecified atom stereocenters. The minimum Gasteiger partial charge on any atom is -0.368 e. The van der Waals surface area contributed by atoms with Crippen LogP contribution in [0.4, 0.5) is 8.78 Å². The van der Waals surface area contributed by atoms with Gasteiger partial charge in [-0.15, -0.1) is 0 Å². The number of benzene rings is 2. The van der Waals surface area contributed by atoms with E-state index in [1.807, 2.05) is 37.7 Å². The van der Waals surface area contributed by atoms with E-state index < -0.39 is 0 Å². The van der Waals surface area contributed by atoms with Crippen molar-refractivity contribution in [3.05, 3.63) is 94.5 Å². The first-order chi connectivity index (χ1) is 20.5. The highest BCUT2D eigenvalue weighted by atomic mass is 19.1. The van der Waals surface area contributed by atoms with Gasteiger partial charge in [0.05, 0.1) is 18.1 Å². The number of unbranched alkanes of at least 4 members (excludes halogenated alkanes) is 2. The van der Waals surface area contributed by atoms with Crippen molar-refractivity contribution in [2.45, 2.75) is 85.7 Å². The Morgan fingerprint density at radius 1 is 1.02 bits per heavy atom. The first-order valence-corrected chi connectivity index (χ1v) is 15.9. The number of hydrogen-bond donors (Lipinski definition) is 0. The summed E-state index contributed by atoms with van der Waals surface area (Å²) in [5.74, 6) is 0.618. The lowest BCUT2D eigenvalue weighted by Gasteiger charge is -2.37. The molecule has 5 rings (SSSR count). The second-order valence-electron chi connectivity index (χ2n) is 12.5. The number of halogens is 2. The number of likely N-dealkylation sites (tertiary alicyclic amines) is 1. The highest BCUT2D eigenvalue weighted by Crippen LogP contribution is 2.35. The number of fused-ring (bicyclic) bond motifs is 1. The summed E-state index contributed by atoms with van der Waals surface area (Å²) < 4.78 is 31.9. The van der Waals surface area contributed by atoms with Gasteiger partial charge in [-0.25, -0.2) is 13.8 Å². The maximum absolute atomic E-state index is 15.2. The Kier molecular flexibility index (Phi) is 11.0. The first-order valence-electron chi connectivity index (χ1n) is 15.9. The molecule has 1 aromatic heterocycles. The lowest BCUT2D eigenvalue weighted by atomic mass is 9.92. The van der Waals surface area contributed by atoms with E-state index in [2.05, 4.69) is 67.3 Å². The third kappa shape index (κ3) is 7.64. The molecule has 2 aliphatic rings.